The van der Waals surface area contributed by atoms with Gasteiger partial charge < -0.3 is 4.90 Å². The Morgan fingerprint density at radius 1 is 0.316 bits per heavy atom. The molecule has 0 bridgehead atoms. The van der Waals surface area contributed by atoms with E-state index in [-0.39, 0.29) is 0 Å². The van der Waals surface area contributed by atoms with Gasteiger partial charge in [-0.25, -0.2) is 0 Å². The fourth-order valence-electron chi connectivity index (χ4n) is 8.51. The molecule has 0 spiro atoms. The molecule has 0 amide bonds. The van der Waals surface area contributed by atoms with Crippen LogP contribution in [0.5, 0.6) is 0 Å². The van der Waals surface area contributed by atoms with Crippen LogP contribution >= 0.6 is 22.7 Å². The minimum absolute atomic E-state index is 0.984. The topological polar surface area (TPSA) is 16.1 Å². The number of thiophene rings is 2. The van der Waals surface area contributed by atoms with Gasteiger partial charge in [-0.3, -0.25) is 4.98 Å². The van der Waals surface area contributed by atoms with Gasteiger partial charge in [0.1, 0.15) is 0 Å². The van der Waals surface area contributed by atoms with Gasteiger partial charge >= 0.3 is 0 Å². The molecule has 12 rings (SSSR count). The second-order valence-electron chi connectivity index (χ2n) is 14.8. The molecule has 57 heavy (non-hydrogen) atoms. The van der Waals surface area contributed by atoms with Crippen LogP contribution in [0.25, 0.3) is 95.0 Å². The summed E-state index contributed by atoms with van der Waals surface area (Å²) in [6.07, 6.45) is 1.96. The first-order valence-corrected chi connectivity index (χ1v) is 20.9. The van der Waals surface area contributed by atoms with Crippen molar-refractivity contribution >= 4 is 112 Å². The molecule has 0 saturated heterocycles. The van der Waals surface area contributed by atoms with Crippen LogP contribution in [0.3, 0.4) is 0 Å². The lowest BCUT2D eigenvalue weighted by Crippen LogP contribution is -2.09. The number of aromatic nitrogens is 1. The van der Waals surface area contributed by atoms with Gasteiger partial charge in [-0.2, -0.15) is 0 Å². The first-order chi connectivity index (χ1) is 28.2. The van der Waals surface area contributed by atoms with E-state index in [4.69, 9.17) is 4.98 Å². The number of anilines is 3. The first-order valence-electron chi connectivity index (χ1n) is 19.2. The van der Waals surface area contributed by atoms with Crippen molar-refractivity contribution in [3.8, 4) is 22.4 Å². The molecule has 3 heterocycles. The molecule has 0 saturated carbocycles. The van der Waals surface area contributed by atoms with Crippen molar-refractivity contribution in [1.82, 2.24) is 4.98 Å². The van der Waals surface area contributed by atoms with Crippen LogP contribution in [0.4, 0.5) is 17.1 Å². The Bertz CT molecular complexity index is 3370. The maximum Gasteiger partial charge on any atom is 0.0708 e. The largest absolute Gasteiger partial charge is 0.310 e. The van der Waals surface area contributed by atoms with Crippen molar-refractivity contribution in [3.05, 3.63) is 194 Å². The Labute approximate surface area is 337 Å². The minimum Gasteiger partial charge on any atom is -0.310 e. The summed E-state index contributed by atoms with van der Waals surface area (Å²) in [6, 6.07) is 69.1. The standard InChI is InChI=1S/C53H32N2S2/c1-2-8-39-32-54-49(29-36(39)7-1)35-15-13-33(14-16-35)34-17-21-42(22-18-34)55(43-23-19-37-27-47-45-9-3-5-11-50(45)56-52(47)30-40(37)25-43)44-24-20-38-28-48-46-10-4-6-12-51(46)57-53(48)31-41(38)26-44/h1-32H. The summed E-state index contributed by atoms with van der Waals surface area (Å²) in [5, 5.41) is 12.6. The fourth-order valence-corrected chi connectivity index (χ4v) is 10.8. The zero-order chi connectivity index (χ0) is 37.5. The van der Waals surface area contributed by atoms with E-state index in [2.05, 4.69) is 193 Å². The number of rotatable bonds is 5. The van der Waals surface area contributed by atoms with Crippen molar-refractivity contribution in [2.45, 2.75) is 0 Å². The Hall–Kier alpha value is -6.85. The van der Waals surface area contributed by atoms with Gasteiger partial charge in [-0.15, -0.1) is 22.7 Å². The summed E-state index contributed by atoms with van der Waals surface area (Å²) in [7, 11) is 0. The quantitative estimate of drug-likeness (QED) is 0.174. The number of pyridine rings is 1. The van der Waals surface area contributed by atoms with Gasteiger partial charge in [0.05, 0.1) is 5.69 Å². The van der Waals surface area contributed by atoms with Gasteiger partial charge in [0.15, 0.2) is 0 Å². The molecule has 0 fully saturated rings. The molecular formula is C53H32N2S2. The molecule has 0 atom stereocenters. The lowest BCUT2D eigenvalue weighted by Gasteiger charge is -2.26. The van der Waals surface area contributed by atoms with Crippen molar-refractivity contribution < 1.29 is 0 Å². The highest BCUT2D eigenvalue weighted by Crippen LogP contribution is 2.43. The maximum atomic E-state index is 4.75. The normalized spacial score (nSPS) is 11.9. The molecule has 0 aliphatic carbocycles. The van der Waals surface area contributed by atoms with Crippen molar-refractivity contribution in [2.24, 2.45) is 0 Å². The van der Waals surface area contributed by atoms with E-state index in [1.54, 1.807) is 0 Å². The molecule has 0 N–H and O–H groups in total. The van der Waals surface area contributed by atoms with E-state index in [1.807, 2.05) is 28.9 Å². The zero-order valence-electron chi connectivity index (χ0n) is 30.7. The fraction of sp³-hybridized carbons (Fsp3) is 0. The number of hydrogen-bond donors (Lipinski definition) is 0. The molecule has 2 nitrogen and oxygen atoms in total. The molecule has 4 heteroatoms. The lowest BCUT2D eigenvalue weighted by atomic mass is 10.0. The molecule has 266 valence electrons. The van der Waals surface area contributed by atoms with Crippen molar-refractivity contribution in [3.63, 3.8) is 0 Å². The maximum absolute atomic E-state index is 4.75. The van der Waals surface area contributed by atoms with E-state index in [9.17, 15) is 0 Å². The summed E-state index contributed by atoms with van der Waals surface area (Å²) >= 11 is 3.74. The average molecular weight is 761 g/mol. The molecular weight excluding hydrogens is 729 g/mol. The van der Waals surface area contributed by atoms with Gasteiger partial charge in [-0.1, -0.05) is 109 Å². The molecule has 0 unspecified atom stereocenters. The highest BCUT2D eigenvalue weighted by atomic mass is 32.1. The Balaban J connectivity index is 0.956. The second-order valence-corrected chi connectivity index (χ2v) is 17.0. The molecule has 0 aliphatic heterocycles. The minimum atomic E-state index is 0.984. The van der Waals surface area contributed by atoms with Gasteiger partial charge in [0, 0.05) is 74.6 Å². The molecule has 0 radical (unpaired) electrons. The zero-order valence-corrected chi connectivity index (χ0v) is 32.3. The highest BCUT2D eigenvalue weighted by Gasteiger charge is 2.16. The summed E-state index contributed by atoms with van der Waals surface area (Å²) < 4.78 is 5.29. The molecule has 9 aromatic carbocycles. The Kier molecular flexibility index (Phi) is 7.31. The van der Waals surface area contributed by atoms with Gasteiger partial charge in [-0.05, 0) is 117 Å². The summed E-state index contributed by atoms with van der Waals surface area (Å²) in [5.74, 6) is 0. The Morgan fingerprint density at radius 2 is 0.789 bits per heavy atom. The van der Waals surface area contributed by atoms with Crippen LogP contribution in [0.2, 0.25) is 0 Å². The predicted octanol–water partition coefficient (Wildman–Crippen LogP) is 16.1. The number of nitrogens with zero attached hydrogens (tertiary/aromatic N) is 2. The third-order valence-electron chi connectivity index (χ3n) is 11.4. The van der Waals surface area contributed by atoms with E-state index in [1.165, 1.54) is 78.4 Å². The van der Waals surface area contributed by atoms with E-state index >= 15 is 0 Å². The molecule has 12 aromatic rings. The average Bonchev–Trinajstić information content (AvgIpc) is 3.82. The van der Waals surface area contributed by atoms with E-state index < -0.39 is 0 Å². The van der Waals surface area contributed by atoms with Gasteiger partial charge in [0.2, 0.25) is 0 Å². The van der Waals surface area contributed by atoms with E-state index in [0.717, 1.165) is 33.7 Å². The van der Waals surface area contributed by atoms with Crippen LogP contribution < -0.4 is 4.90 Å². The second kappa shape index (κ2) is 12.9. The summed E-state index contributed by atoms with van der Waals surface area (Å²) in [6.45, 7) is 0. The van der Waals surface area contributed by atoms with Crippen molar-refractivity contribution in [2.75, 3.05) is 4.90 Å². The summed E-state index contributed by atoms with van der Waals surface area (Å²) in [5.41, 5.74) is 7.82. The van der Waals surface area contributed by atoms with Crippen LogP contribution in [0.1, 0.15) is 0 Å². The smallest absolute Gasteiger partial charge is 0.0708 e. The number of benzene rings is 9. The van der Waals surface area contributed by atoms with Crippen LogP contribution in [-0.2, 0) is 0 Å². The summed E-state index contributed by atoms with van der Waals surface area (Å²) in [4.78, 5) is 7.16. The highest BCUT2D eigenvalue weighted by molar-refractivity contribution is 7.26. The number of hydrogen-bond acceptors (Lipinski definition) is 4. The third-order valence-corrected chi connectivity index (χ3v) is 13.7. The lowest BCUT2D eigenvalue weighted by molar-refractivity contribution is 1.29. The third kappa shape index (κ3) is 5.48. The van der Waals surface area contributed by atoms with Crippen LogP contribution in [0, 0.1) is 0 Å². The van der Waals surface area contributed by atoms with E-state index in [0.29, 0.717) is 0 Å². The monoisotopic (exact) mass is 760 g/mol. The van der Waals surface area contributed by atoms with Crippen LogP contribution in [-0.4, -0.2) is 4.98 Å². The molecule has 3 aromatic heterocycles. The Morgan fingerprint density at radius 3 is 1.39 bits per heavy atom. The predicted molar refractivity (Wildman–Crippen MR) is 248 cm³/mol. The van der Waals surface area contributed by atoms with Crippen molar-refractivity contribution in [1.29, 1.82) is 0 Å². The van der Waals surface area contributed by atoms with Crippen LogP contribution in [0.15, 0.2) is 194 Å². The SMILES string of the molecule is c1ccc2cc(-c3ccc(-c4ccc(N(c5ccc6cc7c(cc6c5)sc5ccccc57)c5ccc6cc7c(cc6c5)sc5ccccc57)cc4)cc3)ncc2c1. The molecule has 0 aliphatic rings. The first kappa shape index (κ1) is 32.4. The van der Waals surface area contributed by atoms with Gasteiger partial charge in [0.25, 0.3) is 0 Å². The number of fused-ring (bicyclic) bond motifs is 9.